The molecule has 0 fully saturated rings. The van der Waals surface area contributed by atoms with E-state index in [0.29, 0.717) is 17.5 Å². The number of aromatic nitrogens is 3. The highest BCUT2D eigenvalue weighted by Crippen LogP contribution is 2.24. The van der Waals surface area contributed by atoms with Crippen molar-refractivity contribution in [3.8, 4) is 22.4 Å². The summed E-state index contributed by atoms with van der Waals surface area (Å²) in [6, 6.07) is 5.54. The first kappa shape index (κ1) is 8.37. The summed E-state index contributed by atoms with van der Waals surface area (Å²) < 4.78 is 9.95. The molecule has 0 N–H and O–H groups in total. The Kier molecular flexibility index (Phi) is 1.85. The van der Waals surface area contributed by atoms with Crippen LogP contribution in [0.15, 0.2) is 38.8 Å². The maximum absolute atomic E-state index is 5.04. The smallest absolute Gasteiger partial charge is 0.296 e. The lowest BCUT2D eigenvalue weighted by Crippen LogP contribution is -1.75. The van der Waals surface area contributed by atoms with Crippen LogP contribution in [0.25, 0.3) is 22.4 Å². The average Bonchev–Trinajstić information content (AvgIpc) is 3.02. The fraction of sp³-hybridized carbons (Fsp3) is 0. The summed E-state index contributed by atoms with van der Waals surface area (Å²) in [6.07, 6.45) is 1.53. The monoisotopic (exact) mass is 219 g/mol. The molecule has 3 aromatic heterocycles. The van der Waals surface area contributed by atoms with Crippen molar-refractivity contribution in [3.63, 3.8) is 0 Å². The van der Waals surface area contributed by atoms with E-state index in [0.717, 1.165) is 4.88 Å². The summed E-state index contributed by atoms with van der Waals surface area (Å²) in [6.45, 7) is 0. The van der Waals surface area contributed by atoms with Crippen LogP contribution >= 0.6 is 11.3 Å². The van der Waals surface area contributed by atoms with Gasteiger partial charge in [-0.15, -0.1) is 11.3 Å². The highest BCUT2D eigenvalue weighted by molar-refractivity contribution is 7.13. The summed E-state index contributed by atoms with van der Waals surface area (Å²) in [4.78, 5) is 5.16. The minimum atomic E-state index is 0.343. The van der Waals surface area contributed by atoms with Gasteiger partial charge in [0.15, 0.2) is 0 Å². The third kappa shape index (κ3) is 1.44. The van der Waals surface area contributed by atoms with Gasteiger partial charge in [-0.05, 0) is 11.4 Å². The van der Waals surface area contributed by atoms with E-state index in [4.69, 9.17) is 9.05 Å². The SMILES string of the molecule is c1csc(-c2noc(-c3ccno3)n2)c1. The van der Waals surface area contributed by atoms with Crippen molar-refractivity contribution in [2.24, 2.45) is 0 Å². The molecular formula is C9H5N3O2S. The minimum absolute atomic E-state index is 0.343. The van der Waals surface area contributed by atoms with E-state index in [1.54, 1.807) is 17.4 Å². The predicted octanol–water partition coefficient (Wildman–Crippen LogP) is 2.45. The Bertz CT molecular complexity index is 493. The molecule has 5 nitrogen and oxygen atoms in total. The van der Waals surface area contributed by atoms with E-state index in [1.165, 1.54) is 6.20 Å². The summed E-state index contributed by atoms with van der Waals surface area (Å²) in [5.74, 6) is 1.39. The molecule has 6 heteroatoms. The second-order valence-corrected chi connectivity index (χ2v) is 3.72. The van der Waals surface area contributed by atoms with E-state index in [1.807, 2.05) is 17.5 Å². The van der Waals surface area contributed by atoms with Crippen LogP contribution in [-0.4, -0.2) is 15.3 Å². The molecule has 0 spiro atoms. The highest BCUT2D eigenvalue weighted by atomic mass is 32.1. The van der Waals surface area contributed by atoms with Crippen molar-refractivity contribution in [3.05, 3.63) is 29.8 Å². The second-order valence-electron chi connectivity index (χ2n) is 2.78. The van der Waals surface area contributed by atoms with E-state index < -0.39 is 0 Å². The molecule has 15 heavy (non-hydrogen) atoms. The minimum Gasteiger partial charge on any atom is -0.351 e. The van der Waals surface area contributed by atoms with E-state index in [2.05, 4.69) is 15.3 Å². The van der Waals surface area contributed by atoms with Gasteiger partial charge in [0.1, 0.15) is 0 Å². The maximum Gasteiger partial charge on any atom is 0.296 e. The number of thiophene rings is 1. The Morgan fingerprint density at radius 2 is 2.20 bits per heavy atom. The van der Waals surface area contributed by atoms with E-state index >= 15 is 0 Å². The van der Waals surface area contributed by atoms with Crippen LogP contribution in [0.5, 0.6) is 0 Å². The van der Waals surface area contributed by atoms with E-state index in [9.17, 15) is 0 Å². The lowest BCUT2D eigenvalue weighted by atomic mass is 10.4. The van der Waals surface area contributed by atoms with Crippen LogP contribution in [0.3, 0.4) is 0 Å². The molecule has 0 aliphatic carbocycles. The molecule has 0 aliphatic heterocycles. The molecule has 0 atom stereocenters. The zero-order valence-corrected chi connectivity index (χ0v) is 8.27. The Labute approximate surface area is 88.3 Å². The van der Waals surface area contributed by atoms with Crippen molar-refractivity contribution < 1.29 is 9.05 Å². The van der Waals surface area contributed by atoms with Gasteiger partial charge in [0, 0.05) is 6.07 Å². The quantitative estimate of drug-likeness (QED) is 0.662. The van der Waals surface area contributed by atoms with Gasteiger partial charge in [0.05, 0.1) is 11.1 Å². The Morgan fingerprint density at radius 1 is 1.20 bits per heavy atom. The molecule has 3 aromatic rings. The third-order valence-corrected chi connectivity index (χ3v) is 2.68. The van der Waals surface area contributed by atoms with Gasteiger partial charge < -0.3 is 9.05 Å². The van der Waals surface area contributed by atoms with Gasteiger partial charge in [0.2, 0.25) is 11.6 Å². The maximum atomic E-state index is 5.04. The van der Waals surface area contributed by atoms with Crippen molar-refractivity contribution in [2.45, 2.75) is 0 Å². The van der Waals surface area contributed by atoms with Gasteiger partial charge in [-0.1, -0.05) is 16.4 Å². The van der Waals surface area contributed by atoms with Crippen LogP contribution < -0.4 is 0 Å². The van der Waals surface area contributed by atoms with E-state index in [-0.39, 0.29) is 0 Å². The molecule has 0 aliphatic rings. The molecule has 0 bridgehead atoms. The molecule has 3 heterocycles. The van der Waals surface area contributed by atoms with Crippen molar-refractivity contribution in [1.82, 2.24) is 15.3 Å². The van der Waals surface area contributed by atoms with Crippen LogP contribution in [0, 0.1) is 0 Å². The number of nitrogens with zero attached hydrogens (tertiary/aromatic N) is 3. The molecule has 0 unspecified atom stereocenters. The van der Waals surface area contributed by atoms with Crippen LogP contribution in [0.4, 0.5) is 0 Å². The summed E-state index contributed by atoms with van der Waals surface area (Å²) >= 11 is 1.56. The van der Waals surface area contributed by atoms with Crippen molar-refractivity contribution >= 4 is 11.3 Å². The van der Waals surface area contributed by atoms with Gasteiger partial charge in [-0.3, -0.25) is 0 Å². The Morgan fingerprint density at radius 3 is 2.93 bits per heavy atom. The topological polar surface area (TPSA) is 65.0 Å². The first-order valence-corrected chi connectivity index (χ1v) is 5.10. The molecule has 0 aromatic carbocycles. The zero-order valence-electron chi connectivity index (χ0n) is 7.45. The fourth-order valence-electron chi connectivity index (χ4n) is 1.16. The van der Waals surface area contributed by atoms with Crippen molar-refractivity contribution in [1.29, 1.82) is 0 Å². The number of hydrogen-bond donors (Lipinski definition) is 0. The highest BCUT2D eigenvalue weighted by Gasteiger charge is 2.13. The third-order valence-electron chi connectivity index (χ3n) is 1.82. The van der Waals surface area contributed by atoms with Gasteiger partial charge >= 0.3 is 0 Å². The summed E-state index contributed by atoms with van der Waals surface area (Å²) in [5.41, 5.74) is 0. The lowest BCUT2D eigenvalue weighted by Gasteiger charge is -1.82. The van der Waals surface area contributed by atoms with Gasteiger partial charge in [-0.25, -0.2) is 0 Å². The van der Waals surface area contributed by atoms with Crippen LogP contribution in [-0.2, 0) is 0 Å². The van der Waals surface area contributed by atoms with Crippen LogP contribution in [0.1, 0.15) is 0 Å². The molecule has 0 radical (unpaired) electrons. The predicted molar refractivity (Wildman–Crippen MR) is 53.1 cm³/mol. The first-order chi connectivity index (χ1) is 7.43. The van der Waals surface area contributed by atoms with Crippen molar-refractivity contribution in [2.75, 3.05) is 0 Å². The molecule has 3 rings (SSSR count). The molecule has 0 amide bonds. The number of hydrogen-bond acceptors (Lipinski definition) is 6. The number of rotatable bonds is 2. The first-order valence-electron chi connectivity index (χ1n) is 4.22. The lowest BCUT2D eigenvalue weighted by molar-refractivity contribution is 0.385. The molecule has 74 valence electrons. The molecular weight excluding hydrogens is 214 g/mol. The standard InChI is InChI=1S/C9H5N3O2S/c1-2-7(15-5-1)8-11-9(14-12-8)6-3-4-10-13-6/h1-5H. The molecule has 0 saturated carbocycles. The van der Waals surface area contributed by atoms with Gasteiger partial charge in [-0.2, -0.15) is 4.98 Å². The average molecular weight is 219 g/mol. The summed E-state index contributed by atoms with van der Waals surface area (Å²) in [7, 11) is 0. The van der Waals surface area contributed by atoms with Crippen LogP contribution in [0.2, 0.25) is 0 Å². The fourth-order valence-corrected chi connectivity index (χ4v) is 1.80. The Hall–Kier alpha value is -1.95. The normalized spacial score (nSPS) is 10.7. The largest absolute Gasteiger partial charge is 0.351 e. The molecule has 0 saturated heterocycles. The second kappa shape index (κ2) is 3.32. The Balaban J connectivity index is 2.02. The summed E-state index contributed by atoms with van der Waals surface area (Å²) in [5, 5.41) is 9.38. The van der Waals surface area contributed by atoms with Gasteiger partial charge in [0.25, 0.3) is 5.89 Å². The zero-order chi connectivity index (χ0) is 10.1.